The van der Waals surface area contributed by atoms with E-state index in [0.717, 1.165) is 28.7 Å². The highest BCUT2D eigenvalue weighted by atomic mass is 35.5. The lowest BCUT2D eigenvalue weighted by Crippen LogP contribution is -2.33. The third-order valence-electron chi connectivity index (χ3n) is 5.01. The molecule has 0 saturated carbocycles. The van der Waals surface area contributed by atoms with Crippen LogP contribution in [0.4, 0.5) is 0 Å². The van der Waals surface area contributed by atoms with Crippen molar-refractivity contribution in [3.05, 3.63) is 82.4 Å². The second-order valence-corrected chi connectivity index (χ2v) is 8.80. The molecule has 4 rings (SSSR count). The van der Waals surface area contributed by atoms with Gasteiger partial charge in [0.05, 0.1) is 28.5 Å². The maximum absolute atomic E-state index is 6.53. The lowest BCUT2D eigenvalue weighted by Gasteiger charge is -2.30. The van der Waals surface area contributed by atoms with Crippen molar-refractivity contribution in [2.75, 3.05) is 6.54 Å². The smallest absolute Gasteiger partial charge is 0.170 e. The van der Waals surface area contributed by atoms with Crippen LogP contribution in [0, 0.1) is 5.92 Å². The number of hydrogen-bond acceptors (Lipinski definition) is 2. The second-order valence-electron chi connectivity index (χ2n) is 7.57. The number of rotatable bonds is 5. The second kappa shape index (κ2) is 8.34. The van der Waals surface area contributed by atoms with Crippen LogP contribution < -0.4 is 5.32 Å². The van der Waals surface area contributed by atoms with Gasteiger partial charge in [0.15, 0.2) is 5.11 Å². The van der Waals surface area contributed by atoms with Crippen LogP contribution in [0.2, 0.25) is 10.0 Å². The predicted molar refractivity (Wildman–Crippen MR) is 123 cm³/mol. The molecule has 1 fully saturated rings. The molecular weight excluding hydrogens is 423 g/mol. The van der Waals surface area contributed by atoms with Crippen molar-refractivity contribution >= 4 is 40.5 Å². The number of benzene rings is 1. The highest BCUT2D eigenvalue weighted by Gasteiger charge is 2.41. The van der Waals surface area contributed by atoms with Gasteiger partial charge in [-0.3, -0.25) is 4.98 Å². The van der Waals surface area contributed by atoms with Crippen molar-refractivity contribution < 1.29 is 0 Å². The maximum Gasteiger partial charge on any atom is 0.170 e. The van der Waals surface area contributed by atoms with Crippen LogP contribution in [0.3, 0.4) is 0 Å². The van der Waals surface area contributed by atoms with Crippen molar-refractivity contribution in [2.24, 2.45) is 5.92 Å². The topological polar surface area (TPSA) is 33.1 Å². The van der Waals surface area contributed by atoms with Gasteiger partial charge < -0.3 is 14.8 Å². The Morgan fingerprint density at radius 3 is 2.66 bits per heavy atom. The van der Waals surface area contributed by atoms with E-state index in [2.05, 4.69) is 39.7 Å². The van der Waals surface area contributed by atoms with E-state index in [1.54, 1.807) is 6.07 Å². The summed E-state index contributed by atoms with van der Waals surface area (Å²) in [5.74, 6) is 0.460. The van der Waals surface area contributed by atoms with Gasteiger partial charge in [-0.2, -0.15) is 0 Å². The zero-order valence-corrected chi connectivity index (χ0v) is 18.5. The summed E-state index contributed by atoms with van der Waals surface area (Å²) in [6, 6.07) is 15.6. The molecule has 0 unspecified atom stereocenters. The van der Waals surface area contributed by atoms with E-state index < -0.39 is 0 Å². The summed E-state index contributed by atoms with van der Waals surface area (Å²) in [4.78, 5) is 6.86. The van der Waals surface area contributed by atoms with Crippen molar-refractivity contribution in [2.45, 2.75) is 25.9 Å². The average Bonchev–Trinajstić information content (AvgIpc) is 3.27. The van der Waals surface area contributed by atoms with Gasteiger partial charge in [-0.1, -0.05) is 43.1 Å². The number of nitrogens with zero attached hydrogens (tertiary/aromatic N) is 3. The molecule has 2 aromatic heterocycles. The minimum absolute atomic E-state index is 0.0125. The molecule has 0 radical (unpaired) electrons. The van der Waals surface area contributed by atoms with Gasteiger partial charge in [0.1, 0.15) is 0 Å². The highest BCUT2D eigenvalue weighted by molar-refractivity contribution is 7.80. The van der Waals surface area contributed by atoms with Crippen LogP contribution in [0.15, 0.2) is 60.9 Å². The zero-order chi connectivity index (χ0) is 20.5. The fourth-order valence-corrected chi connectivity index (χ4v) is 4.66. The summed E-state index contributed by atoms with van der Waals surface area (Å²) in [6.07, 6.45) is 3.84. The lowest BCUT2D eigenvalue weighted by molar-refractivity contribution is 0.280. The summed E-state index contributed by atoms with van der Waals surface area (Å²) in [5, 5.41) is 5.46. The van der Waals surface area contributed by atoms with Crippen LogP contribution in [-0.2, 0) is 0 Å². The number of thiocarbonyl (C=S) groups is 1. The molecule has 0 amide bonds. The molecule has 29 heavy (non-hydrogen) atoms. The van der Waals surface area contributed by atoms with Crippen molar-refractivity contribution in [1.29, 1.82) is 0 Å². The van der Waals surface area contributed by atoms with Gasteiger partial charge in [0.2, 0.25) is 0 Å². The Morgan fingerprint density at radius 1 is 1.14 bits per heavy atom. The molecule has 3 aromatic rings. The largest absolute Gasteiger partial charge is 0.352 e. The molecule has 7 heteroatoms. The summed E-state index contributed by atoms with van der Waals surface area (Å²) < 4.78 is 2.11. The molecular formula is C22H22Cl2N4S. The third kappa shape index (κ3) is 4.00. The Morgan fingerprint density at radius 2 is 1.97 bits per heavy atom. The molecule has 1 aromatic carbocycles. The quantitative estimate of drug-likeness (QED) is 0.503. The first-order chi connectivity index (χ1) is 14.0. The molecule has 1 saturated heterocycles. The summed E-state index contributed by atoms with van der Waals surface area (Å²) >= 11 is 18.4. The average molecular weight is 445 g/mol. The van der Waals surface area contributed by atoms with Gasteiger partial charge >= 0.3 is 0 Å². The van der Waals surface area contributed by atoms with Gasteiger partial charge in [0, 0.05) is 29.7 Å². The molecule has 1 N–H and O–H groups in total. The SMILES string of the molecule is CC(C)CN1C(=S)N[C@@H](c2ccccn2)[C@H]1c1cccn1-c1ccc(Cl)cc1Cl. The van der Waals surface area contributed by atoms with E-state index in [1.807, 2.05) is 48.8 Å². The number of aromatic nitrogens is 2. The maximum atomic E-state index is 6.53. The van der Waals surface area contributed by atoms with E-state index in [0.29, 0.717) is 16.0 Å². The Labute approximate surface area is 186 Å². The molecule has 2 atom stereocenters. The molecule has 3 heterocycles. The summed E-state index contributed by atoms with van der Waals surface area (Å²) in [5.41, 5.74) is 2.94. The lowest BCUT2D eigenvalue weighted by atomic mass is 10.0. The molecule has 150 valence electrons. The zero-order valence-electron chi connectivity index (χ0n) is 16.2. The first kappa shape index (κ1) is 20.2. The standard InChI is InChI=1S/C22H22Cl2N4S/c1-14(2)13-28-21(20(26-22(28)29)17-6-3-4-10-25-17)19-7-5-11-27(19)18-9-8-15(23)12-16(18)24/h3-12,14,20-21H,13H2,1-2H3,(H,26,29)/t20-,21+/m0/s1. The molecule has 0 bridgehead atoms. The van der Waals surface area contributed by atoms with Crippen LogP contribution in [0.25, 0.3) is 5.69 Å². The van der Waals surface area contributed by atoms with E-state index >= 15 is 0 Å². The van der Waals surface area contributed by atoms with Crippen LogP contribution in [-0.4, -0.2) is 26.1 Å². The van der Waals surface area contributed by atoms with E-state index in [1.165, 1.54) is 0 Å². The van der Waals surface area contributed by atoms with Gasteiger partial charge in [-0.05, 0) is 60.6 Å². The van der Waals surface area contributed by atoms with Gasteiger partial charge in [0.25, 0.3) is 0 Å². The van der Waals surface area contributed by atoms with Gasteiger partial charge in [-0.25, -0.2) is 0 Å². The van der Waals surface area contributed by atoms with Crippen LogP contribution in [0.5, 0.6) is 0 Å². The summed E-state index contributed by atoms with van der Waals surface area (Å²) in [7, 11) is 0. The Hall–Kier alpha value is -2.08. The number of pyridine rings is 1. The fourth-order valence-electron chi connectivity index (χ4n) is 3.85. The third-order valence-corrected chi connectivity index (χ3v) is 5.90. The van der Waals surface area contributed by atoms with Crippen molar-refractivity contribution in [1.82, 2.24) is 19.8 Å². The van der Waals surface area contributed by atoms with Crippen molar-refractivity contribution in [3.8, 4) is 5.69 Å². The van der Waals surface area contributed by atoms with Crippen LogP contribution in [0.1, 0.15) is 37.3 Å². The van der Waals surface area contributed by atoms with Crippen LogP contribution >= 0.6 is 35.4 Å². The monoisotopic (exact) mass is 444 g/mol. The molecule has 0 aliphatic carbocycles. The molecule has 4 nitrogen and oxygen atoms in total. The Balaban J connectivity index is 1.83. The highest BCUT2D eigenvalue weighted by Crippen LogP contribution is 2.40. The minimum atomic E-state index is -0.0535. The minimum Gasteiger partial charge on any atom is -0.352 e. The Kier molecular flexibility index (Phi) is 5.81. The molecule has 1 aliphatic heterocycles. The number of nitrogens with one attached hydrogen (secondary N) is 1. The van der Waals surface area contributed by atoms with Crippen molar-refractivity contribution in [3.63, 3.8) is 0 Å². The van der Waals surface area contributed by atoms with E-state index in [4.69, 9.17) is 35.4 Å². The summed E-state index contributed by atoms with van der Waals surface area (Å²) in [6.45, 7) is 5.24. The number of halogens is 2. The predicted octanol–water partition coefficient (Wildman–Crippen LogP) is 5.81. The Bertz CT molecular complexity index is 1020. The van der Waals surface area contributed by atoms with E-state index in [-0.39, 0.29) is 12.1 Å². The first-order valence-electron chi connectivity index (χ1n) is 9.56. The van der Waals surface area contributed by atoms with E-state index in [9.17, 15) is 0 Å². The first-order valence-corrected chi connectivity index (χ1v) is 10.7. The number of hydrogen-bond donors (Lipinski definition) is 1. The fraction of sp³-hybridized carbons (Fsp3) is 0.273. The molecule has 0 spiro atoms. The normalized spacial score (nSPS) is 19.1. The van der Waals surface area contributed by atoms with Gasteiger partial charge in [-0.15, -0.1) is 0 Å². The molecule has 1 aliphatic rings.